The second-order valence-electron chi connectivity index (χ2n) is 3.91. The number of carbonyl (C=O) groups is 2. The minimum atomic E-state index is -0.976. The molecule has 7 nitrogen and oxygen atoms in total. The molecule has 0 saturated carbocycles. The molecule has 0 spiro atoms. The number of aromatic nitrogens is 2. The summed E-state index contributed by atoms with van der Waals surface area (Å²) in [5.41, 5.74) is 0.548. The van der Waals surface area contributed by atoms with Crippen molar-refractivity contribution in [3.05, 3.63) is 36.0 Å². The number of esters is 1. The molecule has 1 aromatic heterocycles. The van der Waals surface area contributed by atoms with Gasteiger partial charge in [0, 0.05) is 5.56 Å². The Labute approximate surface area is 119 Å². The Balaban J connectivity index is 1.96. The maximum atomic E-state index is 12.8. The quantitative estimate of drug-likeness (QED) is 0.669. The summed E-state index contributed by atoms with van der Waals surface area (Å²) in [6, 6.07) is 5.51. The number of hydrogen-bond donors (Lipinski definition) is 1. The van der Waals surface area contributed by atoms with E-state index in [1.807, 2.05) is 0 Å². The molecule has 0 radical (unpaired) electrons. The van der Waals surface area contributed by atoms with Gasteiger partial charge in [-0.2, -0.15) is 0 Å². The SMILES string of the molecule is CCOC(=O)C(=O)NCc1nnc(-c2ccc(F)cc2)o1. The lowest BCUT2D eigenvalue weighted by Gasteiger charge is -2.01. The average molecular weight is 293 g/mol. The fraction of sp³-hybridized carbons (Fsp3) is 0.231. The summed E-state index contributed by atoms with van der Waals surface area (Å²) < 4.78 is 22.6. The first-order chi connectivity index (χ1) is 10.1. The highest BCUT2D eigenvalue weighted by Crippen LogP contribution is 2.17. The zero-order chi connectivity index (χ0) is 15.2. The van der Waals surface area contributed by atoms with Crippen LogP contribution in [0.25, 0.3) is 11.5 Å². The number of ether oxygens (including phenoxy) is 1. The lowest BCUT2D eigenvalue weighted by atomic mass is 10.2. The number of hydrogen-bond acceptors (Lipinski definition) is 6. The van der Waals surface area contributed by atoms with Crippen LogP contribution in [0, 0.1) is 5.82 Å². The molecule has 0 saturated heterocycles. The third-order valence-corrected chi connectivity index (χ3v) is 2.42. The van der Waals surface area contributed by atoms with Crippen LogP contribution in [-0.4, -0.2) is 28.7 Å². The van der Waals surface area contributed by atoms with E-state index in [4.69, 9.17) is 4.42 Å². The summed E-state index contributed by atoms with van der Waals surface area (Å²) in [5, 5.41) is 9.77. The summed E-state index contributed by atoms with van der Waals surface area (Å²) in [6.07, 6.45) is 0. The van der Waals surface area contributed by atoms with Crippen LogP contribution >= 0.6 is 0 Å². The van der Waals surface area contributed by atoms with Crippen molar-refractivity contribution in [3.63, 3.8) is 0 Å². The molecule has 2 rings (SSSR count). The Morgan fingerprint density at radius 1 is 1.29 bits per heavy atom. The number of halogens is 1. The lowest BCUT2D eigenvalue weighted by Crippen LogP contribution is -2.32. The van der Waals surface area contributed by atoms with Gasteiger partial charge >= 0.3 is 11.9 Å². The molecular weight excluding hydrogens is 281 g/mol. The summed E-state index contributed by atoms with van der Waals surface area (Å²) in [7, 11) is 0. The van der Waals surface area contributed by atoms with Gasteiger partial charge in [-0.1, -0.05) is 0 Å². The van der Waals surface area contributed by atoms with Crippen molar-refractivity contribution >= 4 is 11.9 Å². The van der Waals surface area contributed by atoms with E-state index in [9.17, 15) is 14.0 Å². The summed E-state index contributed by atoms with van der Waals surface area (Å²) in [4.78, 5) is 22.4. The highest BCUT2D eigenvalue weighted by Gasteiger charge is 2.16. The molecule has 0 atom stereocenters. The predicted octanol–water partition coefficient (Wildman–Crippen LogP) is 1.05. The molecule has 2 aromatic rings. The molecule has 0 aliphatic heterocycles. The highest BCUT2D eigenvalue weighted by atomic mass is 19.1. The van der Waals surface area contributed by atoms with Gasteiger partial charge < -0.3 is 14.5 Å². The summed E-state index contributed by atoms with van der Waals surface area (Å²) in [6.45, 7) is 1.60. The number of nitrogens with one attached hydrogen (secondary N) is 1. The molecule has 110 valence electrons. The first-order valence-electron chi connectivity index (χ1n) is 6.13. The molecule has 0 bridgehead atoms. The molecule has 0 unspecified atom stereocenters. The first kappa shape index (κ1) is 14.6. The fourth-order valence-corrected chi connectivity index (χ4v) is 1.46. The lowest BCUT2D eigenvalue weighted by molar-refractivity contribution is -0.154. The molecule has 1 aromatic carbocycles. The monoisotopic (exact) mass is 293 g/mol. The number of rotatable bonds is 4. The largest absolute Gasteiger partial charge is 0.459 e. The van der Waals surface area contributed by atoms with Crippen molar-refractivity contribution in [1.82, 2.24) is 15.5 Å². The Morgan fingerprint density at radius 3 is 2.67 bits per heavy atom. The Kier molecular flexibility index (Phi) is 4.60. The minimum Gasteiger partial charge on any atom is -0.459 e. The van der Waals surface area contributed by atoms with Gasteiger partial charge in [-0.05, 0) is 31.2 Å². The second kappa shape index (κ2) is 6.60. The van der Waals surface area contributed by atoms with Gasteiger partial charge in [-0.3, -0.25) is 4.79 Å². The van der Waals surface area contributed by atoms with Crippen LogP contribution < -0.4 is 5.32 Å². The summed E-state index contributed by atoms with van der Waals surface area (Å²) >= 11 is 0. The molecule has 0 aliphatic carbocycles. The van der Waals surface area contributed by atoms with Crippen LogP contribution in [0.1, 0.15) is 12.8 Å². The molecule has 0 fully saturated rings. The molecule has 1 N–H and O–H groups in total. The van der Waals surface area contributed by atoms with E-state index in [-0.39, 0.29) is 30.8 Å². The maximum Gasteiger partial charge on any atom is 0.396 e. The van der Waals surface area contributed by atoms with Crippen LogP contribution in [0.2, 0.25) is 0 Å². The topological polar surface area (TPSA) is 94.3 Å². The number of carbonyl (C=O) groups excluding carboxylic acids is 2. The van der Waals surface area contributed by atoms with Crippen molar-refractivity contribution in [2.75, 3.05) is 6.61 Å². The average Bonchev–Trinajstić information content (AvgIpc) is 2.94. The van der Waals surface area contributed by atoms with Gasteiger partial charge in [0.05, 0.1) is 13.2 Å². The number of amides is 1. The molecule has 21 heavy (non-hydrogen) atoms. The van der Waals surface area contributed by atoms with Gasteiger partial charge in [0.15, 0.2) is 0 Å². The van der Waals surface area contributed by atoms with Gasteiger partial charge in [-0.25, -0.2) is 9.18 Å². The molecule has 8 heteroatoms. The zero-order valence-electron chi connectivity index (χ0n) is 11.1. The minimum absolute atomic E-state index is 0.105. The van der Waals surface area contributed by atoms with E-state index < -0.39 is 11.9 Å². The van der Waals surface area contributed by atoms with E-state index in [0.29, 0.717) is 5.56 Å². The third-order valence-electron chi connectivity index (χ3n) is 2.42. The van der Waals surface area contributed by atoms with Crippen LogP contribution in [0.15, 0.2) is 28.7 Å². The van der Waals surface area contributed by atoms with Crippen LogP contribution in [0.3, 0.4) is 0 Å². The van der Waals surface area contributed by atoms with Crippen molar-refractivity contribution in [2.45, 2.75) is 13.5 Å². The van der Waals surface area contributed by atoms with Crippen LogP contribution in [-0.2, 0) is 20.9 Å². The molecule has 1 amide bonds. The normalized spacial score (nSPS) is 10.2. The second-order valence-corrected chi connectivity index (χ2v) is 3.91. The van der Waals surface area contributed by atoms with Gasteiger partial charge in [-0.15, -0.1) is 10.2 Å². The highest BCUT2D eigenvalue weighted by molar-refractivity contribution is 6.32. The van der Waals surface area contributed by atoms with Crippen molar-refractivity contribution in [3.8, 4) is 11.5 Å². The van der Waals surface area contributed by atoms with Crippen LogP contribution in [0.5, 0.6) is 0 Å². The number of nitrogens with zero attached hydrogens (tertiary/aromatic N) is 2. The van der Waals surface area contributed by atoms with Gasteiger partial charge in [0.2, 0.25) is 11.8 Å². The molecular formula is C13H12FN3O4. The van der Waals surface area contributed by atoms with Crippen LogP contribution in [0.4, 0.5) is 4.39 Å². The Bertz CT molecular complexity index is 639. The van der Waals surface area contributed by atoms with Crippen molar-refractivity contribution in [2.24, 2.45) is 0 Å². The molecule has 1 heterocycles. The maximum absolute atomic E-state index is 12.8. The zero-order valence-corrected chi connectivity index (χ0v) is 11.1. The van der Waals surface area contributed by atoms with E-state index in [1.165, 1.54) is 24.3 Å². The Hall–Kier alpha value is -2.77. The smallest absolute Gasteiger partial charge is 0.396 e. The van der Waals surface area contributed by atoms with E-state index >= 15 is 0 Å². The van der Waals surface area contributed by atoms with Gasteiger partial charge in [0.25, 0.3) is 0 Å². The predicted molar refractivity (Wildman–Crippen MR) is 68.2 cm³/mol. The van der Waals surface area contributed by atoms with E-state index in [1.54, 1.807) is 6.92 Å². The molecule has 0 aliphatic rings. The van der Waals surface area contributed by atoms with Gasteiger partial charge in [0.1, 0.15) is 5.82 Å². The summed E-state index contributed by atoms with van der Waals surface area (Å²) in [5.74, 6) is -1.93. The van der Waals surface area contributed by atoms with E-state index in [0.717, 1.165) is 0 Å². The fourth-order valence-electron chi connectivity index (χ4n) is 1.46. The Morgan fingerprint density at radius 2 is 2.00 bits per heavy atom. The number of benzene rings is 1. The first-order valence-corrected chi connectivity index (χ1v) is 6.13. The van der Waals surface area contributed by atoms with Crippen molar-refractivity contribution in [1.29, 1.82) is 0 Å². The van der Waals surface area contributed by atoms with Crippen molar-refractivity contribution < 1.29 is 23.1 Å². The third kappa shape index (κ3) is 3.85. The van der Waals surface area contributed by atoms with E-state index in [2.05, 4.69) is 20.3 Å². The standard InChI is InChI=1S/C13H12FN3O4/c1-2-20-13(19)11(18)15-7-10-16-17-12(21-10)8-3-5-9(14)6-4-8/h3-6H,2,7H2,1H3,(H,15,18).